The van der Waals surface area contributed by atoms with Crippen LogP contribution >= 0.6 is 0 Å². The Morgan fingerprint density at radius 3 is 2.57 bits per heavy atom. The van der Waals surface area contributed by atoms with E-state index < -0.39 is 0 Å². The van der Waals surface area contributed by atoms with Crippen LogP contribution in [0.2, 0.25) is 0 Å². The molecule has 1 rings (SSSR count). The smallest absolute Gasteiger partial charge is 0.124 e. The number of benzene rings is 1. The summed E-state index contributed by atoms with van der Waals surface area (Å²) in [6, 6.07) is 7.74. The van der Waals surface area contributed by atoms with Crippen molar-refractivity contribution in [3.8, 4) is 5.75 Å². The van der Waals surface area contributed by atoms with Crippen LogP contribution in [0.4, 0.5) is 0 Å². The second-order valence-electron chi connectivity index (χ2n) is 2.41. The molecule has 2 heteroatoms. The Morgan fingerprint density at radius 2 is 2.00 bits per heavy atom. The molecule has 0 aliphatic heterocycles. The van der Waals surface area contributed by atoms with Crippen LogP contribution in [-0.4, -0.2) is 6.61 Å². The molecule has 0 unspecified atom stereocenters. The van der Waals surface area contributed by atoms with Crippen molar-refractivity contribution in [1.29, 1.82) is 0 Å². The minimum Gasteiger partial charge on any atom is -0.489 e. The fourth-order valence-corrected chi connectivity index (χ4v) is 0.962. The summed E-state index contributed by atoms with van der Waals surface area (Å²) in [5.41, 5.74) is 6.54. The van der Waals surface area contributed by atoms with Gasteiger partial charge in [0.2, 0.25) is 0 Å². The minimum absolute atomic E-state index is 0.507. The zero-order chi connectivity index (χ0) is 10.8. The highest BCUT2D eigenvalue weighted by Gasteiger charge is 1.97. The third kappa shape index (κ3) is 4.10. The van der Waals surface area contributed by atoms with Gasteiger partial charge in [0, 0.05) is 12.1 Å². The Morgan fingerprint density at radius 1 is 1.36 bits per heavy atom. The maximum atomic E-state index is 5.52. The summed E-state index contributed by atoms with van der Waals surface area (Å²) in [7, 11) is 0. The number of nitrogens with two attached hydrogens (primary N) is 1. The lowest BCUT2D eigenvalue weighted by Crippen LogP contribution is -2.01. The van der Waals surface area contributed by atoms with Crippen molar-refractivity contribution in [3.63, 3.8) is 0 Å². The van der Waals surface area contributed by atoms with E-state index in [1.54, 1.807) is 6.08 Å². The van der Waals surface area contributed by atoms with E-state index in [4.69, 9.17) is 10.5 Å². The third-order valence-electron chi connectivity index (χ3n) is 1.55. The summed E-state index contributed by atoms with van der Waals surface area (Å²) in [4.78, 5) is 0. The molecule has 0 heterocycles. The molecule has 2 N–H and O–H groups in total. The van der Waals surface area contributed by atoms with Gasteiger partial charge in [-0.3, -0.25) is 0 Å². The Hall–Kier alpha value is -1.28. The summed E-state index contributed by atoms with van der Waals surface area (Å²) in [5, 5.41) is 0. The maximum Gasteiger partial charge on any atom is 0.124 e. The van der Waals surface area contributed by atoms with Gasteiger partial charge in [-0.1, -0.05) is 44.7 Å². The molecule has 0 saturated heterocycles. The molecule has 78 valence electrons. The lowest BCUT2D eigenvalue weighted by Gasteiger charge is -2.07. The van der Waals surface area contributed by atoms with Crippen LogP contribution in [0, 0.1) is 0 Å². The van der Waals surface area contributed by atoms with E-state index in [9.17, 15) is 0 Å². The first-order valence-electron chi connectivity index (χ1n) is 4.90. The highest BCUT2D eigenvalue weighted by atomic mass is 16.5. The summed E-state index contributed by atoms with van der Waals surface area (Å²) in [6.07, 6.45) is 1.72. The van der Waals surface area contributed by atoms with Gasteiger partial charge in [0.05, 0.1) is 0 Å². The molecule has 0 aromatic heterocycles. The van der Waals surface area contributed by atoms with Gasteiger partial charge in [0.1, 0.15) is 12.4 Å². The molecular weight excluding hydrogens is 174 g/mol. The maximum absolute atomic E-state index is 5.52. The van der Waals surface area contributed by atoms with E-state index in [1.807, 2.05) is 38.1 Å². The van der Waals surface area contributed by atoms with Gasteiger partial charge >= 0.3 is 0 Å². The fraction of sp³-hybridized carbons (Fsp3) is 0.333. The van der Waals surface area contributed by atoms with E-state index in [1.165, 1.54) is 0 Å². The molecule has 0 aliphatic carbocycles. The van der Waals surface area contributed by atoms with E-state index in [-0.39, 0.29) is 0 Å². The second kappa shape index (κ2) is 8.32. The van der Waals surface area contributed by atoms with Crippen LogP contribution in [0.25, 0.3) is 0 Å². The van der Waals surface area contributed by atoms with E-state index >= 15 is 0 Å². The quantitative estimate of drug-likeness (QED) is 0.746. The van der Waals surface area contributed by atoms with E-state index in [2.05, 4.69) is 6.58 Å². The number of hydrogen-bond acceptors (Lipinski definition) is 2. The molecule has 1 aromatic rings. The lowest BCUT2D eigenvalue weighted by atomic mass is 10.2. The van der Waals surface area contributed by atoms with Crippen molar-refractivity contribution < 1.29 is 4.74 Å². The first kappa shape index (κ1) is 12.7. The molecule has 1 aromatic carbocycles. The van der Waals surface area contributed by atoms with Crippen LogP contribution in [0.15, 0.2) is 36.9 Å². The van der Waals surface area contributed by atoms with E-state index in [0.29, 0.717) is 13.2 Å². The molecule has 2 nitrogen and oxygen atoms in total. The zero-order valence-corrected chi connectivity index (χ0v) is 8.99. The summed E-state index contributed by atoms with van der Waals surface area (Å²) >= 11 is 0. The van der Waals surface area contributed by atoms with Crippen molar-refractivity contribution >= 4 is 0 Å². The van der Waals surface area contributed by atoms with Crippen molar-refractivity contribution in [2.45, 2.75) is 20.4 Å². The summed E-state index contributed by atoms with van der Waals surface area (Å²) < 4.78 is 5.38. The molecule has 0 aliphatic rings. The third-order valence-corrected chi connectivity index (χ3v) is 1.55. The summed E-state index contributed by atoms with van der Waals surface area (Å²) in [6.45, 7) is 8.61. The molecular formula is C12H19NO. The Kier molecular flexibility index (Phi) is 7.56. The normalized spacial score (nSPS) is 8.50. The largest absolute Gasteiger partial charge is 0.489 e. The SMILES string of the molecule is C=CCOc1ccccc1CN.CC. The van der Waals surface area contributed by atoms with E-state index in [0.717, 1.165) is 11.3 Å². The summed E-state index contributed by atoms with van der Waals surface area (Å²) in [5.74, 6) is 0.847. The molecule has 14 heavy (non-hydrogen) atoms. The number of ether oxygens (including phenoxy) is 1. The zero-order valence-electron chi connectivity index (χ0n) is 8.99. The highest BCUT2D eigenvalue weighted by Crippen LogP contribution is 2.16. The van der Waals surface area contributed by atoms with Crippen molar-refractivity contribution in [3.05, 3.63) is 42.5 Å². The van der Waals surface area contributed by atoms with Gasteiger partial charge in [-0.05, 0) is 6.07 Å². The fourth-order valence-electron chi connectivity index (χ4n) is 0.962. The number of rotatable bonds is 4. The highest BCUT2D eigenvalue weighted by molar-refractivity contribution is 5.33. The predicted octanol–water partition coefficient (Wildman–Crippen LogP) is 2.74. The monoisotopic (exact) mass is 193 g/mol. The molecule has 0 atom stereocenters. The van der Waals surface area contributed by atoms with Crippen molar-refractivity contribution in [2.75, 3.05) is 6.61 Å². The van der Waals surface area contributed by atoms with Crippen molar-refractivity contribution in [1.82, 2.24) is 0 Å². The number of para-hydroxylation sites is 1. The second-order valence-corrected chi connectivity index (χ2v) is 2.41. The van der Waals surface area contributed by atoms with Gasteiger partial charge < -0.3 is 10.5 Å². The topological polar surface area (TPSA) is 35.2 Å². The van der Waals surface area contributed by atoms with Gasteiger partial charge in [-0.25, -0.2) is 0 Å². The first-order valence-corrected chi connectivity index (χ1v) is 4.90. The van der Waals surface area contributed by atoms with Gasteiger partial charge in [0.25, 0.3) is 0 Å². The molecule has 0 radical (unpaired) electrons. The molecule has 0 fully saturated rings. The minimum atomic E-state index is 0.507. The Bertz CT molecular complexity index is 258. The Balaban J connectivity index is 0.000000791. The molecule has 0 spiro atoms. The van der Waals surface area contributed by atoms with Gasteiger partial charge in [0.15, 0.2) is 0 Å². The molecule has 0 saturated carbocycles. The first-order chi connectivity index (χ1) is 6.88. The van der Waals surface area contributed by atoms with Gasteiger partial charge in [-0.15, -0.1) is 0 Å². The average Bonchev–Trinajstić information content (AvgIpc) is 2.29. The number of hydrogen-bond donors (Lipinski definition) is 1. The van der Waals surface area contributed by atoms with Gasteiger partial charge in [-0.2, -0.15) is 0 Å². The Labute approximate surface area is 86.4 Å². The van der Waals surface area contributed by atoms with Crippen LogP contribution in [0.5, 0.6) is 5.75 Å². The molecule has 0 bridgehead atoms. The molecule has 0 amide bonds. The average molecular weight is 193 g/mol. The van der Waals surface area contributed by atoms with Crippen LogP contribution in [-0.2, 0) is 6.54 Å². The lowest BCUT2D eigenvalue weighted by molar-refractivity contribution is 0.359. The van der Waals surface area contributed by atoms with Crippen LogP contribution in [0.3, 0.4) is 0 Å². The predicted molar refractivity (Wildman–Crippen MR) is 61.4 cm³/mol. The van der Waals surface area contributed by atoms with Crippen molar-refractivity contribution in [2.24, 2.45) is 5.73 Å². The standard InChI is InChI=1S/C10H13NO.C2H6/c1-2-7-12-10-6-4-3-5-9(10)8-11;1-2/h2-6H,1,7-8,11H2;1-2H3. The van der Waals surface area contributed by atoms with Crippen LogP contribution in [0.1, 0.15) is 19.4 Å². The van der Waals surface area contributed by atoms with Crippen LogP contribution < -0.4 is 10.5 Å².